The second kappa shape index (κ2) is 6.29. The molecule has 0 aliphatic heterocycles. The molecule has 146 valence electrons. The third kappa shape index (κ3) is 2.11. The molecule has 0 saturated carbocycles. The number of pyridine rings is 1. The Hall–Kier alpha value is -4.92. The van der Waals surface area contributed by atoms with Crippen LogP contribution >= 0.6 is 0 Å². The fourth-order valence-corrected chi connectivity index (χ4v) is 4.83. The summed E-state index contributed by atoms with van der Waals surface area (Å²) in [5.74, 6) is 0. The van der Waals surface area contributed by atoms with Crippen LogP contribution in [0.5, 0.6) is 0 Å². The molecular formula is C27H13N5. The molecule has 0 bridgehead atoms. The quantitative estimate of drug-likeness (QED) is 0.233. The largest absolute Gasteiger partial charge is 0.291 e. The molecule has 32 heavy (non-hydrogen) atoms. The molecule has 0 atom stereocenters. The molecule has 5 heteroatoms. The average molecular weight is 407 g/mol. The van der Waals surface area contributed by atoms with Gasteiger partial charge in [-0.1, -0.05) is 36.4 Å². The maximum atomic E-state index is 10.1. The van der Waals surface area contributed by atoms with Crippen LogP contribution in [0.2, 0.25) is 0 Å². The number of fused-ring (bicyclic) bond motifs is 9. The minimum atomic E-state index is 0.123. The van der Waals surface area contributed by atoms with Gasteiger partial charge in [-0.25, -0.2) is 4.98 Å². The number of rotatable bonds is 0. The van der Waals surface area contributed by atoms with Crippen molar-refractivity contribution in [3.8, 4) is 18.2 Å². The van der Waals surface area contributed by atoms with E-state index >= 15 is 0 Å². The lowest BCUT2D eigenvalue weighted by Gasteiger charge is -2.16. The zero-order valence-electron chi connectivity index (χ0n) is 17.0. The van der Waals surface area contributed by atoms with Crippen molar-refractivity contribution in [2.75, 3.05) is 0 Å². The number of aryl methyl sites for hydroxylation is 1. The second-order valence-corrected chi connectivity index (χ2v) is 7.81. The first kappa shape index (κ1) is 17.9. The number of hydrogen-bond donors (Lipinski definition) is 0. The first-order valence-corrected chi connectivity index (χ1v) is 10.1. The SMILES string of the molecule is Cc1c(C#N)c(C#N)c(C#N)c2c3cc4ccccc4cc3c3nc4ccccc4n3c12. The molecule has 6 aromatic rings. The van der Waals surface area contributed by atoms with E-state index in [1.165, 1.54) is 0 Å². The standard InChI is InChI=1S/C27H13N5/c1-15-20(12-28)21(13-29)22(14-30)25-18-10-16-6-2-3-7-17(16)11-19(18)27-31-23-8-4-5-9-24(23)32(27)26(15)25/h2-11H,1H3. The van der Waals surface area contributed by atoms with Gasteiger partial charge >= 0.3 is 0 Å². The van der Waals surface area contributed by atoms with E-state index in [1.807, 2.05) is 59.9 Å². The van der Waals surface area contributed by atoms with Crippen molar-refractivity contribution >= 4 is 49.1 Å². The van der Waals surface area contributed by atoms with E-state index in [1.54, 1.807) is 0 Å². The lowest BCUT2D eigenvalue weighted by atomic mass is 9.90. The normalized spacial score (nSPS) is 11.2. The van der Waals surface area contributed by atoms with Gasteiger partial charge < -0.3 is 0 Å². The van der Waals surface area contributed by atoms with Crippen molar-refractivity contribution in [3.05, 3.63) is 82.9 Å². The Bertz CT molecular complexity index is 1920. The van der Waals surface area contributed by atoms with Crippen LogP contribution in [-0.2, 0) is 0 Å². The Labute approximate surface area is 182 Å². The lowest BCUT2D eigenvalue weighted by molar-refractivity contribution is 1.27. The Kier molecular flexibility index (Phi) is 3.52. The van der Waals surface area contributed by atoms with Crippen molar-refractivity contribution in [3.63, 3.8) is 0 Å². The van der Waals surface area contributed by atoms with E-state index in [2.05, 4.69) is 30.3 Å². The smallest absolute Gasteiger partial charge is 0.146 e. The molecule has 0 saturated heterocycles. The van der Waals surface area contributed by atoms with Crippen molar-refractivity contribution in [2.45, 2.75) is 6.92 Å². The van der Waals surface area contributed by atoms with Gasteiger partial charge in [-0.3, -0.25) is 4.40 Å². The van der Waals surface area contributed by atoms with E-state index in [0.717, 1.165) is 43.7 Å². The topological polar surface area (TPSA) is 88.7 Å². The summed E-state index contributed by atoms with van der Waals surface area (Å²) < 4.78 is 2.03. The van der Waals surface area contributed by atoms with Gasteiger partial charge in [0.15, 0.2) is 0 Å². The van der Waals surface area contributed by atoms with Crippen LogP contribution in [0.4, 0.5) is 0 Å². The summed E-state index contributed by atoms with van der Waals surface area (Å²) in [6.45, 7) is 1.84. The number of para-hydroxylation sites is 2. The van der Waals surface area contributed by atoms with Gasteiger partial charge in [0.05, 0.1) is 33.2 Å². The van der Waals surface area contributed by atoms with Gasteiger partial charge in [-0.2, -0.15) is 15.8 Å². The van der Waals surface area contributed by atoms with Gasteiger partial charge in [0, 0.05) is 10.8 Å². The molecule has 5 nitrogen and oxygen atoms in total. The molecule has 6 rings (SSSR count). The fourth-order valence-electron chi connectivity index (χ4n) is 4.83. The zero-order valence-corrected chi connectivity index (χ0v) is 17.0. The monoisotopic (exact) mass is 407 g/mol. The molecule has 0 unspecified atom stereocenters. The minimum absolute atomic E-state index is 0.123. The van der Waals surface area contributed by atoms with Gasteiger partial charge in [-0.05, 0) is 52.9 Å². The van der Waals surface area contributed by atoms with Crippen molar-refractivity contribution in [2.24, 2.45) is 0 Å². The Morgan fingerprint density at radius 2 is 1.38 bits per heavy atom. The molecule has 0 fully saturated rings. The maximum Gasteiger partial charge on any atom is 0.146 e. The zero-order chi connectivity index (χ0) is 22.0. The molecule has 2 aromatic heterocycles. The van der Waals surface area contributed by atoms with Gasteiger partial charge in [0.2, 0.25) is 0 Å². The summed E-state index contributed by atoms with van der Waals surface area (Å²) in [7, 11) is 0. The Balaban J connectivity index is 2.09. The highest BCUT2D eigenvalue weighted by atomic mass is 15.0. The van der Waals surface area contributed by atoms with Crippen LogP contribution in [0, 0.1) is 40.9 Å². The number of nitrogens with zero attached hydrogens (tertiary/aromatic N) is 5. The van der Waals surface area contributed by atoms with Crippen molar-refractivity contribution < 1.29 is 0 Å². The van der Waals surface area contributed by atoms with Crippen LogP contribution in [-0.4, -0.2) is 9.38 Å². The average Bonchev–Trinajstić information content (AvgIpc) is 3.22. The fraction of sp³-hybridized carbons (Fsp3) is 0.0370. The molecule has 4 aromatic carbocycles. The number of hydrogen-bond acceptors (Lipinski definition) is 4. The Morgan fingerprint density at radius 3 is 2.06 bits per heavy atom. The summed E-state index contributed by atoms with van der Waals surface area (Å²) >= 11 is 0. The van der Waals surface area contributed by atoms with Crippen molar-refractivity contribution in [1.29, 1.82) is 15.8 Å². The predicted octanol–water partition coefficient (Wildman–Crippen LogP) is 5.87. The summed E-state index contributed by atoms with van der Waals surface area (Å²) in [6, 6.07) is 26.5. The predicted molar refractivity (Wildman–Crippen MR) is 124 cm³/mol. The minimum Gasteiger partial charge on any atom is -0.291 e. The first-order chi connectivity index (χ1) is 15.7. The number of imidazole rings is 1. The van der Waals surface area contributed by atoms with Crippen LogP contribution < -0.4 is 0 Å². The van der Waals surface area contributed by atoms with Crippen LogP contribution in [0.1, 0.15) is 22.3 Å². The maximum absolute atomic E-state index is 10.1. The van der Waals surface area contributed by atoms with E-state index in [-0.39, 0.29) is 16.7 Å². The van der Waals surface area contributed by atoms with E-state index in [0.29, 0.717) is 10.9 Å². The molecule has 0 amide bonds. The molecule has 0 radical (unpaired) electrons. The highest BCUT2D eigenvalue weighted by Gasteiger charge is 2.24. The van der Waals surface area contributed by atoms with Gasteiger partial charge in [0.25, 0.3) is 0 Å². The second-order valence-electron chi connectivity index (χ2n) is 7.81. The third-order valence-electron chi connectivity index (χ3n) is 6.23. The number of nitriles is 3. The number of benzene rings is 4. The summed E-state index contributed by atoms with van der Waals surface area (Å²) in [5.41, 5.74) is 4.47. The lowest BCUT2D eigenvalue weighted by Crippen LogP contribution is -2.02. The molecule has 0 aliphatic carbocycles. The highest BCUT2D eigenvalue weighted by molar-refractivity contribution is 6.20. The Morgan fingerprint density at radius 1 is 0.750 bits per heavy atom. The van der Waals surface area contributed by atoms with E-state index in [9.17, 15) is 15.8 Å². The van der Waals surface area contributed by atoms with E-state index in [4.69, 9.17) is 4.98 Å². The first-order valence-electron chi connectivity index (χ1n) is 10.1. The summed E-state index contributed by atoms with van der Waals surface area (Å²) in [6.07, 6.45) is 0. The molecule has 2 heterocycles. The van der Waals surface area contributed by atoms with Gasteiger partial charge in [0.1, 0.15) is 23.9 Å². The van der Waals surface area contributed by atoms with Crippen LogP contribution in [0.3, 0.4) is 0 Å². The highest BCUT2D eigenvalue weighted by Crippen LogP contribution is 2.39. The van der Waals surface area contributed by atoms with Gasteiger partial charge in [-0.15, -0.1) is 0 Å². The number of aromatic nitrogens is 2. The van der Waals surface area contributed by atoms with E-state index < -0.39 is 0 Å². The molecule has 0 aliphatic rings. The van der Waals surface area contributed by atoms with Crippen molar-refractivity contribution in [1.82, 2.24) is 9.38 Å². The summed E-state index contributed by atoms with van der Waals surface area (Å²) in [4.78, 5) is 4.93. The molecule has 0 spiro atoms. The van der Waals surface area contributed by atoms with Crippen LogP contribution in [0.15, 0.2) is 60.7 Å². The van der Waals surface area contributed by atoms with Crippen LogP contribution in [0.25, 0.3) is 49.1 Å². The molecular weight excluding hydrogens is 394 g/mol. The molecule has 0 N–H and O–H groups in total. The summed E-state index contributed by atoms with van der Waals surface area (Å²) in [5, 5.41) is 34.4. The third-order valence-corrected chi connectivity index (χ3v) is 6.23.